The van der Waals surface area contributed by atoms with Gasteiger partial charge in [-0.25, -0.2) is 4.79 Å². The quantitative estimate of drug-likeness (QED) is 0.609. The first-order valence-electron chi connectivity index (χ1n) is 6.30. The summed E-state index contributed by atoms with van der Waals surface area (Å²) < 4.78 is 15.8. The third kappa shape index (κ3) is 3.94. The van der Waals surface area contributed by atoms with Gasteiger partial charge in [-0.05, 0) is 24.0 Å². The van der Waals surface area contributed by atoms with Crippen LogP contribution in [0.1, 0.15) is 5.56 Å². The third-order valence-electron chi connectivity index (χ3n) is 2.78. The second-order valence-electron chi connectivity index (χ2n) is 4.15. The van der Waals surface area contributed by atoms with Crippen molar-refractivity contribution in [3.05, 3.63) is 17.7 Å². The van der Waals surface area contributed by atoms with Crippen molar-refractivity contribution in [2.45, 2.75) is 11.4 Å². The van der Waals surface area contributed by atoms with Gasteiger partial charge in [-0.3, -0.25) is 0 Å². The van der Waals surface area contributed by atoms with Gasteiger partial charge in [0.15, 0.2) is 11.5 Å². The third-order valence-corrected chi connectivity index (χ3v) is 3.60. The van der Waals surface area contributed by atoms with Crippen LogP contribution >= 0.6 is 11.8 Å². The molecule has 0 aromatic heterocycles. The fourth-order valence-corrected chi connectivity index (χ4v) is 2.51. The SMILES string of the molecule is CSc1cc2c(cc1CNCCOC(N)=O)OCCO2. The number of ether oxygens (including phenoxy) is 3. The Bertz CT molecular complexity index is 482. The van der Waals surface area contributed by atoms with Crippen LogP contribution in [0.4, 0.5) is 4.79 Å². The summed E-state index contributed by atoms with van der Waals surface area (Å²) in [6.45, 7) is 2.63. The number of hydrogen-bond donors (Lipinski definition) is 2. The summed E-state index contributed by atoms with van der Waals surface area (Å²) in [6, 6.07) is 3.98. The normalized spacial score (nSPS) is 13.1. The van der Waals surface area contributed by atoms with E-state index in [1.165, 1.54) is 0 Å². The Morgan fingerprint density at radius 3 is 2.75 bits per heavy atom. The van der Waals surface area contributed by atoms with Crippen LogP contribution in [0.5, 0.6) is 11.5 Å². The second kappa shape index (κ2) is 7.25. The van der Waals surface area contributed by atoms with Gasteiger partial charge < -0.3 is 25.3 Å². The van der Waals surface area contributed by atoms with Gasteiger partial charge in [-0.2, -0.15) is 0 Å². The number of fused-ring (bicyclic) bond motifs is 1. The van der Waals surface area contributed by atoms with E-state index in [1.54, 1.807) is 11.8 Å². The molecule has 1 aromatic carbocycles. The maximum Gasteiger partial charge on any atom is 0.404 e. The number of amides is 1. The van der Waals surface area contributed by atoms with Crippen molar-refractivity contribution in [2.24, 2.45) is 5.73 Å². The van der Waals surface area contributed by atoms with Crippen LogP contribution < -0.4 is 20.5 Å². The molecule has 7 heteroatoms. The number of thioether (sulfide) groups is 1. The minimum Gasteiger partial charge on any atom is -0.486 e. The van der Waals surface area contributed by atoms with Gasteiger partial charge in [0.2, 0.25) is 0 Å². The van der Waals surface area contributed by atoms with E-state index in [4.69, 9.17) is 15.2 Å². The number of nitrogens with two attached hydrogens (primary N) is 1. The molecule has 1 aliphatic rings. The van der Waals surface area contributed by atoms with Gasteiger partial charge in [-0.15, -0.1) is 11.8 Å². The first-order valence-corrected chi connectivity index (χ1v) is 7.52. The lowest BCUT2D eigenvalue weighted by atomic mass is 10.2. The lowest BCUT2D eigenvalue weighted by Crippen LogP contribution is -2.23. The minimum atomic E-state index is -0.754. The maximum absolute atomic E-state index is 10.4. The zero-order valence-corrected chi connectivity index (χ0v) is 12.1. The lowest BCUT2D eigenvalue weighted by molar-refractivity contribution is 0.157. The Hall–Kier alpha value is -1.60. The predicted molar refractivity (Wildman–Crippen MR) is 76.5 cm³/mol. The summed E-state index contributed by atoms with van der Waals surface area (Å²) in [5.74, 6) is 1.57. The highest BCUT2D eigenvalue weighted by Crippen LogP contribution is 2.36. The number of benzene rings is 1. The Kier molecular flexibility index (Phi) is 5.37. The summed E-state index contributed by atoms with van der Waals surface area (Å²) in [4.78, 5) is 11.6. The van der Waals surface area contributed by atoms with E-state index in [0.717, 1.165) is 22.0 Å². The number of rotatable bonds is 6. The van der Waals surface area contributed by atoms with E-state index in [1.807, 2.05) is 18.4 Å². The number of carbonyl (C=O) groups excluding carboxylic acids is 1. The largest absolute Gasteiger partial charge is 0.486 e. The van der Waals surface area contributed by atoms with Crippen molar-refractivity contribution >= 4 is 17.9 Å². The zero-order valence-electron chi connectivity index (χ0n) is 11.3. The molecule has 0 saturated carbocycles. The van der Waals surface area contributed by atoms with E-state index in [0.29, 0.717) is 26.3 Å². The van der Waals surface area contributed by atoms with Crippen LogP contribution in [0.15, 0.2) is 17.0 Å². The van der Waals surface area contributed by atoms with Crippen LogP contribution in [0.25, 0.3) is 0 Å². The van der Waals surface area contributed by atoms with Crippen molar-refractivity contribution < 1.29 is 19.0 Å². The molecule has 0 saturated heterocycles. The molecule has 0 radical (unpaired) electrons. The summed E-state index contributed by atoms with van der Waals surface area (Å²) in [6.07, 6.45) is 1.27. The Morgan fingerprint density at radius 2 is 2.10 bits per heavy atom. The minimum absolute atomic E-state index is 0.258. The molecule has 0 bridgehead atoms. The first-order chi connectivity index (χ1) is 9.70. The number of carbonyl (C=O) groups is 1. The molecule has 0 aliphatic carbocycles. The zero-order chi connectivity index (χ0) is 14.4. The molecule has 0 atom stereocenters. The van der Waals surface area contributed by atoms with E-state index in [-0.39, 0.29) is 6.61 Å². The van der Waals surface area contributed by atoms with E-state index >= 15 is 0 Å². The van der Waals surface area contributed by atoms with Crippen LogP contribution in [-0.4, -0.2) is 38.7 Å². The van der Waals surface area contributed by atoms with Crippen LogP contribution in [0, 0.1) is 0 Å². The second-order valence-corrected chi connectivity index (χ2v) is 5.00. The number of nitrogens with one attached hydrogen (secondary N) is 1. The fourth-order valence-electron chi connectivity index (χ4n) is 1.89. The number of hydrogen-bond acceptors (Lipinski definition) is 6. The van der Waals surface area contributed by atoms with Crippen molar-refractivity contribution in [3.63, 3.8) is 0 Å². The van der Waals surface area contributed by atoms with Crippen LogP contribution in [-0.2, 0) is 11.3 Å². The monoisotopic (exact) mass is 298 g/mol. The van der Waals surface area contributed by atoms with Gasteiger partial charge >= 0.3 is 6.09 Å². The van der Waals surface area contributed by atoms with Crippen LogP contribution in [0.2, 0.25) is 0 Å². The Morgan fingerprint density at radius 1 is 1.40 bits per heavy atom. The standard InChI is InChI=1S/C13H18N2O4S/c1-20-12-7-11-10(17-4-5-18-11)6-9(12)8-15-2-3-19-13(14)16/h6-7,15H,2-5,8H2,1H3,(H2,14,16). The average Bonchev–Trinajstić information content (AvgIpc) is 2.45. The molecule has 0 spiro atoms. The van der Waals surface area contributed by atoms with Gasteiger partial charge in [0, 0.05) is 18.0 Å². The van der Waals surface area contributed by atoms with Gasteiger partial charge in [0.1, 0.15) is 19.8 Å². The van der Waals surface area contributed by atoms with Gasteiger partial charge in [0.25, 0.3) is 0 Å². The molecule has 1 heterocycles. The Labute approximate surface area is 121 Å². The molecule has 2 rings (SSSR count). The van der Waals surface area contributed by atoms with E-state index in [2.05, 4.69) is 10.1 Å². The fraction of sp³-hybridized carbons (Fsp3) is 0.462. The van der Waals surface area contributed by atoms with Gasteiger partial charge in [0.05, 0.1) is 0 Å². The molecule has 1 aliphatic heterocycles. The molecule has 3 N–H and O–H groups in total. The first kappa shape index (κ1) is 14.8. The van der Waals surface area contributed by atoms with Crippen molar-refractivity contribution in [2.75, 3.05) is 32.6 Å². The molecule has 0 fully saturated rings. The predicted octanol–water partition coefficient (Wildman–Crippen LogP) is 1.36. The summed E-state index contributed by atoms with van der Waals surface area (Å²) >= 11 is 1.66. The van der Waals surface area contributed by atoms with Crippen molar-refractivity contribution in [1.29, 1.82) is 0 Å². The van der Waals surface area contributed by atoms with Crippen molar-refractivity contribution in [1.82, 2.24) is 5.32 Å². The smallest absolute Gasteiger partial charge is 0.404 e. The number of primary amides is 1. The van der Waals surface area contributed by atoms with Crippen LogP contribution in [0.3, 0.4) is 0 Å². The Balaban J connectivity index is 1.94. The molecule has 0 unspecified atom stereocenters. The summed E-state index contributed by atoms with van der Waals surface area (Å²) in [5.41, 5.74) is 6.01. The summed E-state index contributed by atoms with van der Waals surface area (Å²) in [5, 5.41) is 3.20. The van der Waals surface area contributed by atoms with Crippen molar-refractivity contribution in [3.8, 4) is 11.5 Å². The highest BCUT2D eigenvalue weighted by Gasteiger charge is 2.15. The van der Waals surface area contributed by atoms with E-state index in [9.17, 15) is 4.79 Å². The lowest BCUT2D eigenvalue weighted by Gasteiger charge is -2.21. The molecule has 1 aromatic rings. The molecular weight excluding hydrogens is 280 g/mol. The molecule has 1 amide bonds. The molecule has 110 valence electrons. The highest BCUT2D eigenvalue weighted by molar-refractivity contribution is 7.98. The maximum atomic E-state index is 10.4. The molecule has 20 heavy (non-hydrogen) atoms. The summed E-state index contributed by atoms with van der Waals surface area (Å²) in [7, 11) is 0. The molecular formula is C13H18N2O4S. The van der Waals surface area contributed by atoms with Gasteiger partial charge in [-0.1, -0.05) is 0 Å². The average molecular weight is 298 g/mol. The highest BCUT2D eigenvalue weighted by atomic mass is 32.2. The molecule has 6 nitrogen and oxygen atoms in total. The topological polar surface area (TPSA) is 82.8 Å². The van der Waals surface area contributed by atoms with E-state index < -0.39 is 6.09 Å².